The van der Waals surface area contributed by atoms with Crippen LogP contribution >= 0.6 is 0 Å². The summed E-state index contributed by atoms with van der Waals surface area (Å²) in [5.41, 5.74) is 3.48. The Balaban J connectivity index is 2.44. The van der Waals surface area contributed by atoms with Gasteiger partial charge in [-0.05, 0) is 36.3 Å². The first kappa shape index (κ1) is 9.59. The fourth-order valence-electron chi connectivity index (χ4n) is 1.55. The minimum absolute atomic E-state index is 1.13. The molecule has 0 fully saturated rings. The summed E-state index contributed by atoms with van der Waals surface area (Å²) in [6, 6.07) is 8.01. The molecule has 0 aromatic carbocycles. The third-order valence-electron chi connectivity index (χ3n) is 2.25. The molecular weight excluding hydrogens is 184 g/mol. The van der Waals surface area contributed by atoms with Gasteiger partial charge in [-0.25, -0.2) is 0 Å². The van der Waals surface area contributed by atoms with E-state index in [0.29, 0.717) is 0 Å². The van der Waals surface area contributed by atoms with Crippen molar-refractivity contribution in [2.24, 2.45) is 0 Å². The van der Waals surface area contributed by atoms with E-state index in [-0.39, 0.29) is 0 Å². The average molecular weight is 196 g/mol. The molecule has 74 valence electrons. The van der Waals surface area contributed by atoms with E-state index in [1.807, 2.05) is 31.3 Å². The lowest BCUT2D eigenvalue weighted by atomic mass is 10.0. The molecule has 0 N–H and O–H groups in total. The third kappa shape index (κ3) is 2.10. The molecule has 0 amide bonds. The number of aromatic nitrogens is 2. The molecule has 0 bridgehead atoms. The van der Waals surface area contributed by atoms with Crippen molar-refractivity contribution in [2.75, 3.05) is 0 Å². The van der Waals surface area contributed by atoms with Gasteiger partial charge in [-0.1, -0.05) is 12.1 Å². The molecule has 0 aliphatic carbocycles. The third-order valence-corrected chi connectivity index (χ3v) is 2.25. The van der Waals surface area contributed by atoms with Crippen molar-refractivity contribution < 1.29 is 0 Å². The Hall–Kier alpha value is -1.96. The molecule has 2 heterocycles. The number of allylic oxidation sites excluding steroid dienone is 1. The van der Waals surface area contributed by atoms with E-state index in [9.17, 15) is 0 Å². The highest BCUT2D eigenvalue weighted by Crippen LogP contribution is 2.21. The zero-order chi connectivity index (χ0) is 10.5. The predicted octanol–water partition coefficient (Wildman–Crippen LogP) is 2.93. The lowest BCUT2D eigenvalue weighted by molar-refractivity contribution is 1.29. The summed E-state index contributed by atoms with van der Waals surface area (Å²) in [5, 5.41) is 0. The van der Waals surface area contributed by atoms with Crippen molar-refractivity contribution >= 4 is 5.57 Å². The summed E-state index contributed by atoms with van der Waals surface area (Å²) in [6.07, 6.45) is 9.34. The molecule has 0 aliphatic rings. The highest BCUT2D eigenvalue weighted by molar-refractivity contribution is 5.78. The molecule has 2 aromatic heterocycles. The minimum atomic E-state index is 1.13. The van der Waals surface area contributed by atoms with Gasteiger partial charge < -0.3 is 0 Å². The Morgan fingerprint density at radius 1 is 1.00 bits per heavy atom. The fourth-order valence-corrected chi connectivity index (χ4v) is 1.55. The second-order valence-electron chi connectivity index (χ2n) is 3.18. The Labute approximate surface area is 89.3 Å². The first-order valence-electron chi connectivity index (χ1n) is 4.89. The van der Waals surface area contributed by atoms with Crippen LogP contribution in [0.25, 0.3) is 5.57 Å². The van der Waals surface area contributed by atoms with E-state index < -0.39 is 0 Å². The van der Waals surface area contributed by atoms with E-state index in [0.717, 1.165) is 5.56 Å². The van der Waals surface area contributed by atoms with Crippen molar-refractivity contribution in [1.29, 1.82) is 0 Å². The number of hydrogen-bond acceptors (Lipinski definition) is 2. The van der Waals surface area contributed by atoms with Gasteiger partial charge in [0.25, 0.3) is 0 Å². The fraction of sp³-hybridized carbons (Fsp3) is 0.0769. The van der Waals surface area contributed by atoms with E-state index in [4.69, 9.17) is 0 Å². The molecule has 2 aromatic rings. The zero-order valence-corrected chi connectivity index (χ0v) is 8.59. The summed E-state index contributed by atoms with van der Waals surface area (Å²) in [6.45, 7) is 2.03. The van der Waals surface area contributed by atoms with E-state index >= 15 is 0 Å². The second kappa shape index (κ2) is 4.51. The van der Waals surface area contributed by atoms with Crippen molar-refractivity contribution in [3.8, 4) is 0 Å². The number of hydrogen-bond donors (Lipinski definition) is 0. The van der Waals surface area contributed by atoms with E-state index in [1.54, 1.807) is 18.6 Å². The maximum atomic E-state index is 4.12. The van der Waals surface area contributed by atoms with Crippen molar-refractivity contribution in [3.63, 3.8) is 0 Å². The van der Waals surface area contributed by atoms with Gasteiger partial charge in [0, 0.05) is 30.4 Å². The standard InChI is InChI=1S/C13H12N2/c1-2-13(11-5-8-14-9-6-11)12-4-3-7-15-10-12/h2-10H,1H3. The summed E-state index contributed by atoms with van der Waals surface area (Å²) >= 11 is 0. The van der Waals surface area contributed by atoms with Crippen LogP contribution in [0.5, 0.6) is 0 Å². The molecule has 2 rings (SSSR count). The molecule has 0 unspecified atom stereocenters. The molecule has 0 aliphatic heterocycles. The molecule has 0 atom stereocenters. The maximum Gasteiger partial charge on any atom is 0.0346 e. The zero-order valence-electron chi connectivity index (χ0n) is 8.59. The van der Waals surface area contributed by atoms with Gasteiger partial charge >= 0.3 is 0 Å². The largest absolute Gasteiger partial charge is 0.265 e. The van der Waals surface area contributed by atoms with E-state index in [2.05, 4.69) is 22.1 Å². The summed E-state index contributed by atoms with van der Waals surface area (Å²) in [4.78, 5) is 8.14. The maximum absolute atomic E-state index is 4.12. The van der Waals surface area contributed by atoms with Crippen molar-refractivity contribution in [2.45, 2.75) is 6.92 Å². The SMILES string of the molecule is CC=C(c1ccncc1)c1cccnc1. The van der Waals surface area contributed by atoms with Gasteiger partial charge in [0.1, 0.15) is 0 Å². The molecule has 0 spiro atoms. The van der Waals surface area contributed by atoms with Crippen LogP contribution in [-0.2, 0) is 0 Å². The van der Waals surface area contributed by atoms with Crippen LogP contribution in [0.4, 0.5) is 0 Å². The summed E-state index contributed by atoms with van der Waals surface area (Å²) in [7, 11) is 0. The highest BCUT2D eigenvalue weighted by Gasteiger charge is 2.02. The van der Waals surface area contributed by atoms with Crippen molar-refractivity contribution in [3.05, 3.63) is 66.3 Å². The Morgan fingerprint density at radius 3 is 2.40 bits per heavy atom. The van der Waals surface area contributed by atoms with Crippen LogP contribution in [0.15, 0.2) is 55.1 Å². The first-order chi connectivity index (χ1) is 7.42. The molecule has 2 heteroatoms. The van der Waals surface area contributed by atoms with Gasteiger partial charge in [0.05, 0.1) is 0 Å². The Kier molecular flexibility index (Phi) is 2.88. The topological polar surface area (TPSA) is 25.8 Å². The van der Waals surface area contributed by atoms with E-state index in [1.165, 1.54) is 11.1 Å². The Bertz CT molecular complexity index is 405. The molecule has 0 saturated carbocycles. The Morgan fingerprint density at radius 2 is 1.80 bits per heavy atom. The molecule has 15 heavy (non-hydrogen) atoms. The van der Waals surface area contributed by atoms with Crippen LogP contribution in [0.3, 0.4) is 0 Å². The van der Waals surface area contributed by atoms with Gasteiger partial charge in [-0.2, -0.15) is 0 Å². The minimum Gasteiger partial charge on any atom is -0.265 e. The van der Waals surface area contributed by atoms with Gasteiger partial charge in [0.15, 0.2) is 0 Å². The number of nitrogens with zero attached hydrogens (tertiary/aromatic N) is 2. The van der Waals surface area contributed by atoms with Gasteiger partial charge in [-0.3, -0.25) is 9.97 Å². The average Bonchev–Trinajstić information content (AvgIpc) is 2.33. The van der Waals surface area contributed by atoms with Gasteiger partial charge in [-0.15, -0.1) is 0 Å². The number of rotatable bonds is 2. The van der Waals surface area contributed by atoms with Crippen molar-refractivity contribution in [1.82, 2.24) is 9.97 Å². The lowest BCUT2D eigenvalue weighted by Crippen LogP contribution is -1.88. The van der Waals surface area contributed by atoms with Crippen LogP contribution in [0.2, 0.25) is 0 Å². The summed E-state index contributed by atoms with van der Waals surface area (Å²) in [5.74, 6) is 0. The quantitative estimate of drug-likeness (QED) is 0.738. The molecule has 0 radical (unpaired) electrons. The van der Waals surface area contributed by atoms with Gasteiger partial charge in [0.2, 0.25) is 0 Å². The highest BCUT2D eigenvalue weighted by atomic mass is 14.6. The van der Waals surface area contributed by atoms with Crippen LogP contribution in [0, 0.1) is 0 Å². The lowest BCUT2D eigenvalue weighted by Gasteiger charge is -2.06. The normalized spacial score (nSPS) is 11.4. The number of pyridine rings is 2. The molecule has 0 saturated heterocycles. The first-order valence-corrected chi connectivity index (χ1v) is 4.89. The summed E-state index contributed by atoms with van der Waals surface area (Å²) < 4.78 is 0. The molecule has 2 nitrogen and oxygen atoms in total. The molecular formula is C13H12N2. The van der Waals surface area contributed by atoms with Crippen LogP contribution in [-0.4, -0.2) is 9.97 Å². The second-order valence-corrected chi connectivity index (χ2v) is 3.18. The smallest absolute Gasteiger partial charge is 0.0346 e. The van der Waals surface area contributed by atoms with Crippen LogP contribution in [0.1, 0.15) is 18.1 Å². The predicted molar refractivity (Wildman–Crippen MR) is 61.2 cm³/mol. The van der Waals surface area contributed by atoms with Crippen LogP contribution < -0.4 is 0 Å². The monoisotopic (exact) mass is 196 g/mol.